The molecule has 0 bridgehead atoms. The molecule has 2 atom stereocenters. The molecule has 1 heterocycles. The largest absolute Gasteiger partial charge is 0.480 e. The zero-order valence-electron chi connectivity index (χ0n) is 18.3. The molecule has 6 N–H and O–H groups in total. The number of carbonyl (C=O) groups is 1. The highest BCUT2D eigenvalue weighted by Crippen LogP contribution is 2.22. The van der Waals surface area contributed by atoms with Crippen LogP contribution < -0.4 is 10.5 Å². The molecule has 9 nitrogen and oxygen atoms in total. The molecule has 180 valence electrons. The highest BCUT2D eigenvalue weighted by Gasteiger charge is 2.34. The summed E-state index contributed by atoms with van der Waals surface area (Å²) in [4.78, 5) is 13.9. The van der Waals surface area contributed by atoms with Crippen molar-refractivity contribution in [2.24, 2.45) is 5.73 Å². The number of aryl methyl sites for hydroxylation is 1. The van der Waals surface area contributed by atoms with E-state index in [4.69, 9.17) is 27.4 Å². The van der Waals surface area contributed by atoms with Crippen LogP contribution >= 0.6 is 11.6 Å². The Morgan fingerprint density at radius 2 is 2.00 bits per heavy atom. The first-order valence-corrected chi connectivity index (χ1v) is 12.7. The Morgan fingerprint density at radius 1 is 1.31 bits per heavy atom. The lowest BCUT2D eigenvalue weighted by Gasteiger charge is -2.26. The van der Waals surface area contributed by atoms with Gasteiger partial charge in [-0.25, -0.2) is 13.1 Å². The van der Waals surface area contributed by atoms with Crippen LogP contribution in [0.15, 0.2) is 23.1 Å². The van der Waals surface area contributed by atoms with Gasteiger partial charge in [0.25, 0.3) is 0 Å². The quantitative estimate of drug-likeness (QED) is 0.205. The van der Waals surface area contributed by atoms with E-state index in [0.29, 0.717) is 62.3 Å². The van der Waals surface area contributed by atoms with Crippen LogP contribution in [0.3, 0.4) is 0 Å². The fourth-order valence-electron chi connectivity index (χ4n) is 3.93. The third-order valence-corrected chi connectivity index (χ3v) is 7.83. The van der Waals surface area contributed by atoms with Gasteiger partial charge in [0.1, 0.15) is 5.54 Å². The lowest BCUT2D eigenvalue weighted by molar-refractivity contribution is -0.144. The summed E-state index contributed by atoms with van der Waals surface area (Å²) in [5.74, 6) is -1.06. The maximum absolute atomic E-state index is 12.7. The molecule has 0 saturated carbocycles. The summed E-state index contributed by atoms with van der Waals surface area (Å²) in [5.41, 5.74) is 5.44. The zero-order chi connectivity index (χ0) is 23.9. The first-order valence-electron chi connectivity index (χ1n) is 10.8. The fraction of sp³-hybridized carbons (Fsp3) is 0.650. The molecule has 0 spiro atoms. The van der Waals surface area contributed by atoms with E-state index in [0.717, 1.165) is 0 Å². The number of carboxylic acids is 1. The topological polar surface area (TPSA) is 153 Å². The Balaban J connectivity index is 1.81. The maximum Gasteiger partial charge on any atom is 0.451 e. The van der Waals surface area contributed by atoms with Crippen molar-refractivity contribution in [3.8, 4) is 0 Å². The molecule has 1 fully saturated rings. The molecular formula is C20H33BClN3O6S. The van der Waals surface area contributed by atoms with Gasteiger partial charge in [0, 0.05) is 17.6 Å². The van der Waals surface area contributed by atoms with Crippen LogP contribution in [0.5, 0.6) is 0 Å². The highest BCUT2D eigenvalue weighted by atomic mass is 35.5. The molecular weight excluding hydrogens is 457 g/mol. The van der Waals surface area contributed by atoms with Crippen molar-refractivity contribution in [3.63, 3.8) is 0 Å². The molecule has 1 aromatic rings. The normalized spacial score (nSPS) is 19.1. The van der Waals surface area contributed by atoms with Gasteiger partial charge in [-0.05, 0) is 75.8 Å². The number of nitrogens with one attached hydrogen (secondary N) is 1. The van der Waals surface area contributed by atoms with Crippen molar-refractivity contribution in [2.45, 2.75) is 68.2 Å². The van der Waals surface area contributed by atoms with Gasteiger partial charge in [0.15, 0.2) is 0 Å². The van der Waals surface area contributed by atoms with E-state index in [1.807, 2.05) is 0 Å². The first-order chi connectivity index (χ1) is 14.9. The van der Waals surface area contributed by atoms with Crippen LogP contribution in [0.1, 0.15) is 44.1 Å². The van der Waals surface area contributed by atoms with Gasteiger partial charge in [0.2, 0.25) is 10.0 Å². The molecule has 12 heteroatoms. The number of rotatable bonds is 13. The molecule has 1 saturated heterocycles. The van der Waals surface area contributed by atoms with Crippen LogP contribution in [0.25, 0.3) is 0 Å². The van der Waals surface area contributed by atoms with Crippen molar-refractivity contribution in [1.82, 2.24) is 9.62 Å². The number of nitrogens with two attached hydrogens (primary N) is 1. The first kappa shape index (κ1) is 27.0. The number of halogens is 1. The standard InChI is InChI=1S/C20H33BClN3O6S/c1-15-13-17(5-6-18(15)22)32(30,31)24-16-7-12-25(14-16)11-4-9-20(23,19(26)27)8-2-3-10-21(28)29/h5-6,13,16,24,28-29H,2-4,7-12,14,23H2,1H3,(H,26,27). The zero-order valence-corrected chi connectivity index (χ0v) is 19.9. The number of benzene rings is 1. The van der Waals surface area contributed by atoms with Crippen LogP contribution in [0, 0.1) is 6.92 Å². The number of carboxylic acid groups (broad SMARTS) is 1. The van der Waals surface area contributed by atoms with Gasteiger partial charge >= 0.3 is 13.1 Å². The van der Waals surface area contributed by atoms with Crippen LogP contribution in [-0.2, 0) is 14.8 Å². The summed E-state index contributed by atoms with van der Waals surface area (Å²) in [7, 11) is -5.04. The van der Waals surface area contributed by atoms with Crippen LogP contribution in [-0.4, -0.2) is 72.8 Å². The van der Waals surface area contributed by atoms with Crippen LogP contribution in [0.2, 0.25) is 11.3 Å². The van der Waals surface area contributed by atoms with E-state index in [-0.39, 0.29) is 23.7 Å². The van der Waals surface area contributed by atoms with Gasteiger partial charge in [-0.3, -0.25) is 4.79 Å². The fourth-order valence-corrected chi connectivity index (χ4v) is 5.39. The van der Waals surface area contributed by atoms with E-state index in [1.54, 1.807) is 19.1 Å². The van der Waals surface area contributed by atoms with E-state index in [9.17, 15) is 18.3 Å². The van der Waals surface area contributed by atoms with Gasteiger partial charge in [0.05, 0.1) is 4.90 Å². The van der Waals surface area contributed by atoms with Gasteiger partial charge < -0.3 is 25.8 Å². The van der Waals surface area contributed by atoms with Crippen molar-refractivity contribution >= 4 is 34.7 Å². The van der Waals surface area contributed by atoms with E-state index in [1.165, 1.54) is 6.07 Å². The Labute approximate surface area is 195 Å². The summed E-state index contributed by atoms with van der Waals surface area (Å²) in [6.45, 7) is 3.64. The molecule has 2 unspecified atom stereocenters. The number of likely N-dealkylation sites (tertiary alicyclic amines) is 1. The van der Waals surface area contributed by atoms with Crippen molar-refractivity contribution in [1.29, 1.82) is 0 Å². The molecule has 0 aromatic heterocycles. The van der Waals surface area contributed by atoms with Crippen LogP contribution in [0.4, 0.5) is 0 Å². The van der Waals surface area contributed by atoms with Gasteiger partial charge in [-0.15, -0.1) is 0 Å². The monoisotopic (exact) mass is 489 g/mol. The molecule has 2 rings (SSSR count). The third kappa shape index (κ3) is 7.98. The maximum atomic E-state index is 12.7. The average Bonchev–Trinajstić information content (AvgIpc) is 3.13. The van der Waals surface area contributed by atoms with Crippen molar-refractivity contribution in [2.75, 3.05) is 19.6 Å². The number of aliphatic carboxylic acids is 1. The SMILES string of the molecule is Cc1cc(S(=O)(=O)NC2CCN(CCCC(N)(CCCCB(O)O)C(=O)O)C2)ccc1Cl. The predicted octanol–water partition coefficient (Wildman–Crippen LogP) is 1.21. The van der Waals surface area contributed by atoms with E-state index in [2.05, 4.69) is 9.62 Å². The predicted molar refractivity (Wildman–Crippen MR) is 124 cm³/mol. The summed E-state index contributed by atoms with van der Waals surface area (Å²) in [6, 6.07) is 4.38. The van der Waals surface area contributed by atoms with E-state index < -0.39 is 28.6 Å². The van der Waals surface area contributed by atoms with E-state index >= 15 is 0 Å². The second kappa shape index (κ2) is 11.8. The molecule has 1 aliphatic rings. The molecule has 0 aliphatic carbocycles. The minimum absolute atomic E-state index is 0.181. The number of hydrogen-bond donors (Lipinski definition) is 5. The number of unbranched alkanes of at least 4 members (excludes halogenated alkanes) is 1. The third-order valence-electron chi connectivity index (χ3n) is 5.89. The molecule has 0 radical (unpaired) electrons. The summed E-state index contributed by atoms with van der Waals surface area (Å²) in [5, 5.41) is 27.8. The second-order valence-corrected chi connectivity index (χ2v) is 10.7. The molecule has 32 heavy (non-hydrogen) atoms. The Bertz CT molecular complexity index is 888. The minimum Gasteiger partial charge on any atom is -0.480 e. The molecule has 0 amide bonds. The van der Waals surface area contributed by atoms with Crippen molar-refractivity contribution in [3.05, 3.63) is 28.8 Å². The summed E-state index contributed by atoms with van der Waals surface area (Å²) < 4.78 is 28.1. The lowest BCUT2D eigenvalue weighted by atomic mass is 9.81. The van der Waals surface area contributed by atoms with Crippen molar-refractivity contribution < 1.29 is 28.4 Å². The van der Waals surface area contributed by atoms with Gasteiger partial charge in [-0.2, -0.15) is 0 Å². The lowest BCUT2D eigenvalue weighted by Crippen LogP contribution is -2.48. The number of sulfonamides is 1. The second-order valence-electron chi connectivity index (χ2n) is 8.61. The number of nitrogens with zero attached hydrogens (tertiary/aromatic N) is 1. The average molecular weight is 490 g/mol. The summed E-state index contributed by atoms with van der Waals surface area (Å²) >= 11 is 5.98. The highest BCUT2D eigenvalue weighted by molar-refractivity contribution is 7.89. The minimum atomic E-state index is -3.65. The van der Waals surface area contributed by atoms with Gasteiger partial charge in [-0.1, -0.05) is 24.4 Å². The Morgan fingerprint density at radius 3 is 2.62 bits per heavy atom. The smallest absolute Gasteiger partial charge is 0.451 e. The molecule has 1 aromatic carbocycles. The number of hydrogen-bond acceptors (Lipinski definition) is 7. The Kier molecular flexibility index (Phi) is 9.95. The Hall–Kier alpha value is -1.21. The molecule has 1 aliphatic heterocycles. The summed E-state index contributed by atoms with van der Waals surface area (Å²) in [6.07, 6.45) is 2.97.